The molecule has 2 atom stereocenters. The van der Waals surface area contributed by atoms with Gasteiger partial charge in [-0.05, 0) is 24.5 Å². The van der Waals surface area contributed by atoms with Gasteiger partial charge in [0.05, 0.1) is 18.6 Å². The van der Waals surface area contributed by atoms with Gasteiger partial charge >= 0.3 is 5.97 Å². The van der Waals surface area contributed by atoms with Crippen molar-refractivity contribution in [1.29, 1.82) is 0 Å². The molecular weight excluding hydrogens is 277 g/mol. The Morgan fingerprint density at radius 1 is 1.38 bits per heavy atom. The number of ether oxygens (including phenoxy) is 1. The van der Waals surface area contributed by atoms with Gasteiger partial charge in [0.1, 0.15) is 0 Å². The number of hydrogen-bond acceptors (Lipinski definition) is 3. The number of rotatable bonds is 3. The van der Waals surface area contributed by atoms with E-state index in [0.717, 1.165) is 0 Å². The molecule has 0 aromatic heterocycles. The monoisotopic (exact) mass is 295 g/mol. The number of aliphatic carboxylic acids is 1. The maximum absolute atomic E-state index is 14.1. The van der Waals surface area contributed by atoms with Gasteiger partial charge in [0, 0.05) is 13.1 Å². The van der Waals surface area contributed by atoms with Crippen LogP contribution in [-0.4, -0.2) is 42.1 Å². The zero-order chi connectivity index (χ0) is 15.6. The van der Waals surface area contributed by atoms with Crippen molar-refractivity contribution in [2.45, 2.75) is 13.3 Å². The second kappa shape index (κ2) is 6.11. The van der Waals surface area contributed by atoms with E-state index in [1.165, 1.54) is 30.2 Å². The van der Waals surface area contributed by atoms with Crippen molar-refractivity contribution < 1.29 is 23.8 Å². The summed E-state index contributed by atoms with van der Waals surface area (Å²) < 4.78 is 19.0. The highest BCUT2D eigenvalue weighted by Crippen LogP contribution is 2.26. The first-order valence-electron chi connectivity index (χ1n) is 6.78. The second-order valence-electron chi connectivity index (χ2n) is 5.41. The van der Waals surface area contributed by atoms with Gasteiger partial charge in [-0.3, -0.25) is 9.59 Å². The highest BCUT2D eigenvalue weighted by molar-refractivity contribution is 5.95. The Morgan fingerprint density at radius 2 is 2.10 bits per heavy atom. The Kier molecular flexibility index (Phi) is 4.45. The fourth-order valence-corrected chi connectivity index (χ4v) is 2.70. The van der Waals surface area contributed by atoms with Crippen LogP contribution in [0.3, 0.4) is 0 Å². The van der Waals surface area contributed by atoms with Crippen LogP contribution in [0.25, 0.3) is 0 Å². The van der Waals surface area contributed by atoms with E-state index in [1.54, 1.807) is 0 Å². The van der Waals surface area contributed by atoms with E-state index < -0.39 is 23.6 Å². The molecule has 1 amide bonds. The molecule has 1 N–H and O–H groups in total. The minimum absolute atomic E-state index is 0.000641. The van der Waals surface area contributed by atoms with Crippen LogP contribution < -0.4 is 4.74 Å². The third-order valence-corrected chi connectivity index (χ3v) is 3.71. The predicted molar refractivity (Wildman–Crippen MR) is 73.8 cm³/mol. The zero-order valence-electron chi connectivity index (χ0n) is 12.0. The number of likely N-dealkylation sites (tertiary alicyclic amines) is 1. The lowest BCUT2D eigenvalue weighted by Crippen LogP contribution is -2.45. The Bertz CT molecular complexity index is 561. The van der Waals surface area contributed by atoms with Crippen molar-refractivity contribution >= 4 is 11.9 Å². The SMILES string of the molecule is COc1cccc(C(=O)N2CC(C)CC(C(=O)O)C2)c1F. The molecule has 6 heteroatoms. The number of carbonyl (C=O) groups is 2. The standard InChI is InChI=1S/C15H18FNO4/c1-9-6-10(15(19)20)8-17(7-9)14(18)11-4-3-5-12(21-2)13(11)16/h3-5,9-10H,6-8H2,1-2H3,(H,19,20). The highest BCUT2D eigenvalue weighted by atomic mass is 19.1. The van der Waals surface area contributed by atoms with E-state index in [0.29, 0.717) is 13.0 Å². The number of carboxylic acid groups (broad SMARTS) is 1. The summed E-state index contributed by atoms with van der Waals surface area (Å²) in [6.07, 6.45) is 0.527. The van der Waals surface area contributed by atoms with E-state index in [2.05, 4.69) is 0 Å². The molecule has 0 aliphatic carbocycles. The molecule has 1 aromatic rings. The molecule has 5 nitrogen and oxygen atoms in total. The maximum Gasteiger partial charge on any atom is 0.308 e. The lowest BCUT2D eigenvalue weighted by atomic mass is 9.90. The maximum atomic E-state index is 14.1. The molecule has 0 bridgehead atoms. The van der Waals surface area contributed by atoms with Gasteiger partial charge in [0.25, 0.3) is 5.91 Å². The Labute approximate surface area is 122 Å². The van der Waals surface area contributed by atoms with Crippen LogP contribution in [-0.2, 0) is 4.79 Å². The number of hydrogen-bond donors (Lipinski definition) is 1. The normalized spacial score (nSPS) is 22.0. The van der Waals surface area contributed by atoms with Crippen LogP contribution in [0.1, 0.15) is 23.7 Å². The summed E-state index contributed by atoms with van der Waals surface area (Å²) in [4.78, 5) is 25.0. The molecule has 21 heavy (non-hydrogen) atoms. The Hall–Kier alpha value is -2.11. The number of halogens is 1. The van der Waals surface area contributed by atoms with Gasteiger partial charge < -0.3 is 14.7 Å². The molecule has 2 rings (SSSR count). The average Bonchev–Trinajstić information content (AvgIpc) is 2.46. The largest absolute Gasteiger partial charge is 0.494 e. The summed E-state index contributed by atoms with van der Waals surface area (Å²) >= 11 is 0. The van der Waals surface area contributed by atoms with Crippen LogP contribution in [0.2, 0.25) is 0 Å². The molecule has 0 radical (unpaired) electrons. The molecular formula is C15H18FNO4. The molecule has 2 unspecified atom stereocenters. The van der Waals surface area contributed by atoms with Gasteiger partial charge in [0.2, 0.25) is 0 Å². The van der Waals surface area contributed by atoms with Gasteiger partial charge in [-0.2, -0.15) is 0 Å². The van der Waals surface area contributed by atoms with Gasteiger partial charge in [-0.15, -0.1) is 0 Å². The Morgan fingerprint density at radius 3 is 2.71 bits per heavy atom. The van der Waals surface area contributed by atoms with Gasteiger partial charge in [-0.25, -0.2) is 4.39 Å². The molecule has 1 aliphatic rings. The van der Waals surface area contributed by atoms with E-state index >= 15 is 0 Å². The summed E-state index contributed by atoms with van der Waals surface area (Å²) in [7, 11) is 1.33. The van der Waals surface area contributed by atoms with Crippen LogP contribution >= 0.6 is 0 Å². The number of nitrogens with zero attached hydrogens (tertiary/aromatic N) is 1. The molecule has 1 heterocycles. The van der Waals surface area contributed by atoms with Crippen molar-refractivity contribution in [3.8, 4) is 5.75 Å². The quantitative estimate of drug-likeness (QED) is 0.926. The minimum Gasteiger partial charge on any atom is -0.494 e. The van der Waals surface area contributed by atoms with Crippen molar-refractivity contribution in [3.63, 3.8) is 0 Å². The summed E-state index contributed by atoms with van der Waals surface area (Å²) in [6, 6.07) is 4.36. The smallest absolute Gasteiger partial charge is 0.308 e. The second-order valence-corrected chi connectivity index (χ2v) is 5.41. The number of carbonyl (C=O) groups excluding carboxylic acids is 1. The molecule has 0 spiro atoms. The predicted octanol–water partition coefficient (Wildman–Crippen LogP) is 2.02. The van der Waals surface area contributed by atoms with Crippen molar-refractivity contribution in [2.75, 3.05) is 20.2 Å². The fraction of sp³-hybridized carbons (Fsp3) is 0.467. The van der Waals surface area contributed by atoms with Crippen molar-refractivity contribution in [2.24, 2.45) is 11.8 Å². The minimum atomic E-state index is -0.925. The fourth-order valence-electron chi connectivity index (χ4n) is 2.70. The highest BCUT2D eigenvalue weighted by Gasteiger charge is 2.33. The van der Waals surface area contributed by atoms with Crippen LogP contribution in [0, 0.1) is 17.7 Å². The van der Waals surface area contributed by atoms with Crippen LogP contribution in [0.5, 0.6) is 5.75 Å². The van der Waals surface area contributed by atoms with E-state index in [-0.39, 0.29) is 23.8 Å². The molecule has 1 aromatic carbocycles. The van der Waals surface area contributed by atoms with Crippen LogP contribution in [0.15, 0.2) is 18.2 Å². The third kappa shape index (κ3) is 3.15. The number of piperidine rings is 1. The first kappa shape index (κ1) is 15.3. The topological polar surface area (TPSA) is 66.8 Å². The summed E-state index contributed by atoms with van der Waals surface area (Å²) in [6.45, 7) is 2.42. The van der Waals surface area contributed by atoms with Crippen LogP contribution in [0.4, 0.5) is 4.39 Å². The lowest BCUT2D eigenvalue weighted by Gasteiger charge is -2.34. The number of methoxy groups -OCH3 is 1. The number of benzene rings is 1. The van der Waals surface area contributed by atoms with Crippen molar-refractivity contribution in [3.05, 3.63) is 29.6 Å². The summed E-state index contributed by atoms with van der Waals surface area (Å²) in [5.74, 6) is -2.67. The lowest BCUT2D eigenvalue weighted by molar-refractivity contribution is -0.143. The third-order valence-electron chi connectivity index (χ3n) is 3.71. The molecule has 114 valence electrons. The zero-order valence-corrected chi connectivity index (χ0v) is 12.0. The number of amides is 1. The van der Waals surface area contributed by atoms with Gasteiger partial charge in [-0.1, -0.05) is 13.0 Å². The molecule has 1 saturated heterocycles. The summed E-state index contributed by atoms with van der Waals surface area (Å²) in [5, 5.41) is 9.13. The van der Waals surface area contributed by atoms with Gasteiger partial charge in [0.15, 0.2) is 11.6 Å². The van der Waals surface area contributed by atoms with E-state index in [4.69, 9.17) is 9.84 Å². The molecule has 1 aliphatic heterocycles. The number of carboxylic acids is 1. The average molecular weight is 295 g/mol. The van der Waals surface area contributed by atoms with Crippen molar-refractivity contribution in [1.82, 2.24) is 4.90 Å². The van der Waals surface area contributed by atoms with E-state index in [9.17, 15) is 14.0 Å². The summed E-state index contributed by atoms with van der Waals surface area (Å²) in [5.41, 5.74) is -0.0902. The van der Waals surface area contributed by atoms with E-state index in [1.807, 2.05) is 6.92 Å². The Balaban J connectivity index is 2.25. The first-order valence-corrected chi connectivity index (χ1v) is 6.78. The molecule has 1 fully saturated rings. The molecule has 0 saturated carbocycles. The first-order chi connectivity index (χ1) is 9.93.